The summed E-state index contributed by atoms with van der Waals surface area (Å²) in [6, 6.07) is 2.86. The van der Waals surface area contributed by atoms with Crippen LogP contribution in [0.5, 0.6) is 0 Å². The minimum atomic E-state index is 0.513. The highest BCUT2D eigenvalue weighted by Crippen LogP contribution is 2.28. The molecule has 0 radical (unpaired) electrons. The molecule has 2 heteroatoms. The van der Waals surface area contributed by atoms with Crippen molar-refractivity contribution in [1.29, 1.82) is 0 Å². The van der Waals surface area contributed by atoms with Gasteiger partial charge in [-0.25, -0.2) is 0 Å². The molecule has 1 heterocycles. The fourth-order valence-electron chi connectivity index (χ4n) is 3.17. The first kappa shape index (κ1) is 14.1. The second-order valence-corrected chi connectivity index (χ2v) is 7.30. The summed E-state index contributed by atoms with van der Waals surface area (Å²) in [4.78, 5) is 2.91. The van der Waals surface area contributed by atoms with Gasteiger partial charge in [0.15, 0.2) is 0 Å². The van der Waals surface area contributed by atoms with E-state index in [-0.39, 0.29) is 0 Å². The molecule has 1 unspecified atom stereocenters. The van der Waals surface area contributed by atoms with Gasteiger partial charge >= 0.3 is 0 Å². The van der Waals surface area contributed by atoms with Gasteiger partial charge in [0.2, 0.25) is 0 Å². The zero-order valence-electron chi connectivity index (χ0n) is 12.1. The monoisotopic (exact) mass is 265 g/mol. The van der Waals surface area contributed by atoms with E-state index in [9.17, 15) is 0 Å². The van der Waals surface area contributed by atoms with Crippen LogP contribution in [0.15, 0.2) is 6.07 Å². The molecule has 2 rings (SSSR count). The third-order valence-electron chi connectivity index (χ3n) is 4.27. The van der Waals surface area contributed by atoms with Crippen LogP contribution >= 0.6 is 11.3 Å². The quantitative estimate of drug-likeness (QED) is 0.791. The molecule has 1 saturated carbocycles. The van der Waals surface area contributed by atoms with E-state index < -0.39 is 0 Å². The van der Waals surface area contributed by atoms with Crippen molar-refractivity contribution in [2.24, 2.45) is 5.92 Å². The van der Waals surface area contributed by atoms with Gasteiger partial charge in [-0.2, -0.15) is 0 Å². The molecule has 1 aromatic rings. The largest absolute Gasteiger partial charge is 0.310 e. The first-order valence-corrected chi connectivity index (χ1v) is 8.29. The van der Waals surface area contributed by atoms with Crippen LogP contribution < -0.4 is 5.32 Å². The van der Waals surface area contributed by atoms with Crippen molar-refractivity contribution in [2.75, 3.05) is 6.54 Å². The summed E-state index contributed by atoms with van der Waals surface area (Å²) < 4.78 is 0. The number of nitrogens with one attached hydrogen (secondary N) is 1. The lowest BCUT2D eigenvalue weighted by Gasteiger charge is -2.22. The second kappa shape index (κ2) is 6.72. The first-order valence-electron chi connectivity index (χ1n) is 7.47. The molecule has 1 aromatic heterocycles. The summed E-state index contributed by atoms with van der Waals surface area (Å²) in [6.07, 6.45) is 8.69. The molecule has 102 valence electrons. The molecule has 0 aliphatic heterocycles. The molecule has 1 atom stereocenters. The molecule has 1 aliphatic rings. The Morgan fingerprint density at radius 1 is 1.28 bits per heavy atom. The van der Waals surface area contributed by atoms with Gasteiger partial charge in [-0.3, -0.25) is 0 Å². The number of hydrogen-bond donors (Lipinski definition) is 1. The lowest BCUT2D eigenvalue weighted by atomic mass is 9.87. The smallest absolute Gasteiger partial charge is 0.0302 e. The molecular formula is C16H27NS. The van der Waals surface area contributed by atoms with Crippen molar-refractivity contribution >= 4 is 11.3 Å². The summed E-state index contributed by atoms with van der Waals surface area (Å²) >= 11 is 1.92. The van der Waals surface area contributed by atoms with Crippen LogP contribution in [0.1, 0.15) is 66.8 Å². The maximum Gasteiger partial charge on any atom is 0.0302 e. The van der Waals surface area contributed by atoms with Crippen molar-refractivity contribution in [1.82, 2.24) is 5.32 Å². The summed E-state index contributed by atoms with van der Waals surface area (Å²) in [6.45, 7) is 7.93. The maximum atomic E-state index is 3.71. The maximum absolute atomic E-state index is 3.71. The van der Waals surface area contributed by atoms with Crippen LogP contribution in [0, 0.1) is 19.8 Å². The van der Waals surface area contributed by atoms with Gasteiger partial charge in [0, 0.05) is 15.8 Å². The van der Waals surface area contributed by atoms with Gasteiger partial charge in [-0.15, -0.1) is 11.3 Å². The average molecular weight is 265 g/mol. The van der Waals surface area contributed by atoms with E-state index in [1.165, 1.54) is 60.4 Å². The molecule has 0 aromatic carbocycles. The fourth-order valence-corrected chi connectivity index (χ4v) is 4.19. The van der Waals surface area contributed by atoms with E-state index >= 15 is 0 Å². The Bertz CT molecular complexity index is 363. The zero-order valence-corrected chi connectivity index (χ0v) is 12.9. The van der Waals surface area contributed by atoms with Gasteiger partial charge in [0.25, 0.3) is 0 Å². The van der Waals surface area contributed by atoms with Crippen molar-refractivity contribution in [3.8, 4) is 0 Å². The van der Waals surface area contributed by atoms with Crippen LogP contribution in [0.2, 0.25) is 0 Å². The van der Waals surface area contributed by atoms with Crippen LogP contribution in [0.25, 0.3) is 0 Å². The second-order valence-electron chi connectivity index (χ2n) is 5.84. The van der Waals surface area contributed by atoms with Crippen molar-refractivity contribution in [2.45, 2.75) is 65.3 Å². The molecule has 0 amide bonds. The van der Waals surface area contributed by atoms with Crippen LogP contribution in [-0.2, 0) is 0 Å². The number of aryl methyl sites for hydroxylation is 2. The summed E-state index contributed by atoms with van der Waals surface area (Å²) in [7, 11) is 0. The van der Waals surface area contributed by atoms with Gasteiger partial charge in [0.1, 0.15) is 0 Å². The molecule has 0 bridgehead atoms. The molecule has 1 aliphatic carbocycles. The predicted molar refractivity (Wildman–Crippen MR) is 81.4 cm³/mol. The van der Waals surface area contributed by atoms with E-state index in [4.69, 9.17) is 0 Å². The van der Waals surface area contributed by atoms with Crippen LogP contribution in [0.4, 0.5) is 0 Å². The van der Waals surface area contributed by atoms with E-state index in [1.807, 2.05) is 11.3 Å². The lowest BCUT2D eigenvalue weighted by molar-refractivity contribution is 0.329. The van der Waals surface area contributed by atoms with Gasteiger partial charge in [0.05, 0.1) is 0 Å². The molecular weight excluding hydrogens is 238 g/mol. The number of hydrogen-bond acceptors (Lipinski definition) is 2. The van der Waals surface area contributed by atoms with E-state index in [0.717, 1.165) is 5.92 Å². The molecule has 1 nitrogen and oxygen atoms in total. The highest BCUT2D eigenvalue weighted by atomic mass is 32.1. The van der Waals surface area contributed by atoms with E-state index in [2.05, 4.69) is 32.2 Å². The Kier molecular flexibility index (Phi) is 5.25. The Morgan fingerprint density at radius 2 is 2.00 bits per heavy atom. The van der Waals surface area contributed by atoms with Gasteiger partial charge in [-0.1, -0.05) is 32.1 Å². The van der Waals surface area contributed by atoms with Crippen LogP contribution in [0.3, 0.4) is 0 Å². The van der Waals surface area contributed by atoms with Crippen molar-refractivity contribution < 1.29 is 0 Å². The first-order chi connectivity index (χ1) is 8.66. The Morgan fingerprint density at radius 3 is 2.61 bits per heavy atom. The third-order valence-corrected chi connectivity index (χ3v) is 5.26. The Hall–Kier alpha value is -0.340. The topological polar surface area (TPSA) is 12.0 Å². The van der Waals surface area contributed by atoms with E-state index in [1.54, 1.807) is 0 Å². The minimum absolute atomic E-state index is 0.513. The number of rotatable bonds is 5. The Labute approximate surface area is 116 Å². The SMILES string of the molecule is Cc1cc(C(C)NCCC2CCCCC2)c(C)s1. The highest BCUT2D eigenvalue weighted by Gasteiger charge is 2.14. The van der Waals surface area contributed by atoms with Gasteiger partial charge in [-0.05, 0) is 51.3 Å². The predicted octanol–water partition coefficient (Wildman–Crippen LogP) is 4.99. The van der Waals surface area contributed by atoms with Gasteiger partial charge < -0.3 is 5.32 Å². The molecule has 18 heavy (non-hydrogen) atoms. The molecule has 0 saturated heterocycles. The Balaban J connectivity index is 1.74. The zero-order chi connectivity index (χ0) is 13.0. The van der Waals surface area contributed by atoms with Crippen LogP contribution in [-0.4, -0.2) is 6.54 Å². The van der Waals surface area contributed by atoms with Crippen molar-refractivity contribution in [3.63, 3.8) is 0 Å². The van der Waals surface area contributed by atoms with E-state index in [0.29, 0.717) is 6.04 Å². The highest BCUT2D eigenvalue weighted by molar-refractivity contribution is 7.12. The standard InChI is InChI=1S/C16H27NS/c1-12-11-16(14(3)18-12)13(2)17-10-9-15-7-5-4-6-8-15/h11,13,15,17H,4-10H2,1-3H3. The van der Waals surface area contributed by atoms with Crippen molar-refractivity contribution in [3.05, 3.63) is 21.4 Å². The molecule has 1 fully saturated rings. The average Bonchev–Trinajstić information content (AvgIpc) is 2.70. The molecule has 0 spiro atoms. The number of thiophene rings is 1. The normalized spacial score (nSPS) is 19.1. The summed E-state index contributed by atoms with van der Waals surface area (Å²) in [5.41, 5.74) is 1.50. The summed E-state index contributed by atoms with van der Waals surface area (Å²) in [5.74, 6) is 0.990. The molecule has 1 N–H and O–H groups in total. The minimum Gasteiger partial charge on any atom is -0.310 e. The third kappa shape index (κ3) is 3.83. The lowest BCUT2D eigenvalue weighted by Crippen LogP contribution is -2.22. The summed E-state index contributed by atoms with van der Waals surface area (Å²) in [5, 5.41) is 3.71. The fraction of sp³-hybridized carbons (Fsp3) is 0.750.